The molecule has 0 aliphatic heterocycles. The van der Waals surface area contributed by atoms with Crippen molar-refractivity contribution in [3.05, 3.63) is 70.9 Å². The Bertz CT molecular complexity index is 867. The third-order valence-corrected chi connectivity index (χ3v) is 4.60. The molecule has 1 N–H and O–H groups in total. The molecule has 0 unspecified atom stereocenters. The molecule has 1 heterocycles. The highest BCUT2D eigenvalue weighted by Crippen LogP contribution is 2.31. The zero-order valence-corrected chi connectivity index (χ0v) is 14.2. The fourth-order valence-electron chi connectivity index (χ4n) is 2.50. The number of hydrogen-bond donors (Lipinski definition) is 1. The largest absolute Gasteiger partial charge is 0.298 e. The molecule has 3 nitrogen and oxygen atoms in total. The molecule has 3 aromatic rings. The normalized spacial score (nSPS) is 10.6. The van der Waals surface area contributed by atoms with Crippen molar-refractivity contribution in [2.75, 3.05) is 5.32 Å². The Morgan fingerprint density at radius 3 is 2.57 bits per heavy atom. The summed E-state index contributed by atoms with van der Waals surface area (Å²) in [6.07, 6.45) is 1.81. The van der Waals surface area contributed by atoms with E-state index in [1.807, 2.05) is 31.3 Å². The second-order valence-electron chi connectivity index (χ2n) is 5.67. The minimum Gasteiger partial charge on any atom is -0.298 e. The molecular weight excluding hydrogens is 304 g/mol. The number of nitrogens with one attached hydrogen (secondary N) is 1. The smallest absolute Gasteiger partial charge is 0.257 e. The number of carbonyl (C=O) groups is 1. The summed E-state index contributed by atoms with van der Waals surface area (Å²) in [7, 11) is 0. The van der Waals surface area contributed by atoms with E-state index in [1.165, 1.54) is 22.5 Å². The lowest BCUT2D eigenvalue weighted by Crippen LogP contribution is -2.11. The Morgan fingerprint density at radius 2 is 1.83 bits per heavy atom. The molecule has 116 valence electrons. The number of benzene rings is 2. The standard InChI is InChI=1S/C19H18N2OS/c1-12-5-4-6-15(10-12)18(22)21-19-20-11-17(23-19)16-8-7-13(2)9-14(16)3/h4-11H,1-3H3,(H,20,21,22). The van der Waals surface area contributed by atoms with Crippen LogP contribution < -0.4 is 5.32 Å². The van der Waals surface area contributed by atoms with Crippen molar-refractivity contribution < 1.29 is 4.79 Å². The molecule has 0 aliphatic carbocycles. The van der Waals surface area contributed by atoms with Crippen molar-refractivity contribution in [3.63, 3.8) is 0 Å². The van der Waals surface area contributed by atoms with E-state index in [2.05, 4.69) is 42.3 Å². The number of thiazole rings is 1. The van der Waals surface area contributed by atoms with Crippen molar-refractivity contribution in [2.45, 2.75) is 20.8 Å². The van der Waals surface area contributed by atoms with Crippen LogP contribution >= 0.6 is 11.3 Å². The average Bonchev–Trinajstić information content (AvgIpc) is 2.95. The monoisotopic (exact) mass is 322 g/mol. The van der Waals surface area contributed by atoms with Gasteiger partial charge in [-0.25, -0.2) is 4.98 Å². The second-order valence-corrected chi connectivity index (χ2v) is 6.70. The Labute approximate surface area is 140 Å². The van der Waals surface area contributed by atoms with Gasteiger partial charge in [0.25, 0.3) is 5.91 Å². The lowest BCUT2D eigenvalue weighted by atomic mass is 10.1. The van der Waals surface area contributed by atoms with Crippen molar-refractivity contribution >= 4 is 22.4 Å². The van der Waals surface area contributed by atoms with Crippen LogP contribution in [0.5, 0.6) is 0 Å². The minimum atomic E-state index is -0.129. The first-order valence-corrected chi connectivity index (χ1v) is 8.26. The van der Waals surface area contributed by atoms with Crippen molar-refractivity contribution in [3.8, 4) is 10.4 Å². The van der Waals surface area contributed by atoms with E-state index in [9.17, 15) is 4.79 Å². The number of nitrogens with zero attached hydrogens (tertiary/aromatic N) is 1. The summed E-state index contributed by atoms with van der Waals surface area (Å²) in [4.78, 5) is 17.7. The summed E-state index contributed by atoms with van der Waals surface area (Å²) in [6.45, 7) is 6.14. The molecule has 0 spiro atoms. The maximum Gasteiger partial charge on any atom is 0.257 e. The Balaban J connectivity index is 1.81. The maximum absolute atomic E-state index is 12.3. The number of anilines is 1. The molecule has 0 saturated carbocycles. The quantitative estimate of drug-likeness (QED) is 0.738. The molecule has 23 heavy (non-hydrogen) atoms. The van der Waals surface area contributed by atoms with Gasteiger partial charge in [-0.15, -0.1) is 0 Å². The van der Waals surface area contributed by atoms with Crippen LogP contribution in [0.25, 0.3) is 10.4 Å². The number of amides is 1. The van der Waals surface area contributed by atoms with Gasteiger partial charge < -0.3 is 0 Å². The van der Waals surface area contributed by atoms with E-state index in [0.717, 1.165) is 16.0 Å². The van der Waals surface area contributed by atoms with Crippen LogP contribution in [-0.4, -0.2) is 10.9 Å². The molecule has 0 bridgehead atoms. The Hall–Kier alpha value is -2.46. The number of hydrogen-bond acceptors (Lipinski definition) is 3. The first kappa shape index (κ1) is 15.4. The number of rotatable bonds is 3. The zero-order chi connectivity index (χ0) is 16.4. The topological polar surface area (TPSA) is 42.0 Å². The molecule has 4 heteroatoms. The van der Waals surface area contributed by atoms with Crippen LogP contribution in [0.4, 0.5) is 5.13 Å². The second kappa shape index (κ2) is 6.34. The van der Waals surface area contributed by atoms with E-state index in [0.29, 0.717) is 10.7 Å². The molecule has 1 aromatic heterocycles. The molecule has 1 amide bonds. The van der Waals surface area contributed by atoms with Gasteiger partial charge in [0.2, 0.25) is 0 Å². The summed E-state index contributed by atoms with van der Waals surface area (Å²) in [5.41, 5.74) is 5.32. The minimum absolute atomic E-state index is 0.129. The zero-order valence-electron chi connectivity index (χ0n) is 13.4. The number of carbonyl (C=O) groups excluding carboxylic acids is 1. The van der Waals surface area contributed by atoms with Gasteiger partial charge in [-0.3, -0.25) is 10.1 Å². The molecule has 0 fully saturated rings. The molecule has 0 aliphatic rings. The highest BCUT2D eigenvalue weighted by Gasteiger charge is 2.11. The summed E-state index contributed by atoms with van der Waals surface area (Å²) < 4.78 is 0. The predicted molar refractivity (Wildman–Crippen MR) is 96.2 cm³/mol. The van der Waals surface area contributed by atoms with Gasteiger partial charge in [0.1, 0.15) is 0 Å². The van der Waals surface area contributed by atoms with Gasteiger partial charge >= 0.3 is 0 Å². The van der Waals surface area contributed by atoms with Crippen LogP contribution in [0, 0.1) is 20.8 Å². The molecule has 0 atom stereocenters. The summed E-state index contributed by atoms with van der Waals surface area (Å²) in [6, 6.07) is 13.9. The molecule has 2 aromatic carbocycles. The lowest BCUT2D eigenvalue weighted by Gasteiger charge is -2.04. The van der Waals surface area contributed by atoms with Crippen LogP contribution in [-0.2, 0) is 0 Å². The van der Waals surface area contributed by atoms with Crippen molar-refractivity contribution in [1.82, 2.24) is 4.98 Å². The summed E-state index contributed by atoms with van der Waals surface area (Å²) in [5, 5.41) is 3.49. The van der Waals surface area contributed by atoms with E-state index in [-0.39, 0.29) is 5.91 Å². The van der Waals surface area contributed by atoms with Gasteiger partial charge in [0, 0.05) is 11.8 Å². The predicted octanol–water partition coefficient (Wildman–Crippen LogP) is 4.99. The SMILES string of the molecule is Cc1cccc(C(=O)Nc2ncc(-c3ccc(C)cc3C)s2)c1. The molecule has 3 rings (SSSR count). The van der Waals surface area contributed by atoms with E-state index in [4.69, 9.17) is 0 Å². The Morgan fingerprint density at radius 1 is 1.04 bits per heavy atom. The number of aromatic nitrogens is 1. The molecule has 0 saturated heterocycles. The van der Waals surface area contributed by atoms with Crippen molar-refractivity contribution in [2.24, 2.45) is 0 Å². The Kier molecular flexibility index (Phi) is 4.26. The van der Waals surface area contributed by atoms with Crippen LogP contribution in [0.2, 0.25) is 0 Å². The van der Waals surface area contributed by atoms with Crippen LogP contribution in [0.15, 0.2) is 48.7 Å². The summed E-state index contributed by atoms with van der Waals surface area (Å²) in [5.74, 6) is -0.129. The van der Waals surface area contributed by atoms with Crippen molar-refractivity contribution in [1.29, 1.82) is 0 Å². The van der Waals surface area contributed by atoms with E-state index < -0.39 is 0 Å². The average molecular weight is 322 g/mol. The summed E-state index contributed by atoms with van der Waals surface area (Å²) >= 11 is 1.49. The maximum atomic E-state index is 12.3. The van der Waals surface area contributed by atoms with Gasteiger partial charge in [-0.2, -0.15) is 0 Å². The fourth-order valence-corrected chi connectivity index (χ4v) is 3.40. The van der Waals surface area contributed by atoms with E-state index in [1.54, 1.807) is 6.07 Å². The first-order valence-electron chi connectivity index (χ1n) is 7.44. The van der Waals surface area contributed by atoms with Gasteiger partial charge in [0.15, 0.2) is 5.13 Å². The lowest BCUT2D eigenvalue weighted by molar-refractivity contribution is 0.102. The third kappa shape index (κ3) is 3.48. The van der Waals surface area contributed by atoms with Crippen LogP contribution in [0.3, 0.4) is 0 Å². The number of aryl methyl sites for hydroxylation is 3. The third-order valence-electron chi connectivity index (χ3n) is 3.65. The first-order chi connectivity index (χ1) is 11.0. The molecular formula is C19H18N2OS. The van der Waals surface area contributed by atoms with E-state index >= 15 is 0 Å². The van der Waals surface area contributed by atoms with Gasteiger partial charge in [0.05, 0.1) is 4.88 Å². The van der Waals surface area contributed by atoms with Gasteiger partial charge in [-0.1, -0.05) is 52.8 Å². The van der Waals surface area contributed by atoms with Crippen LogP contribution in [0.1, 0.15) is 27.0 Å². The molecule has 0 radical (unpaired) electrons. The fraction of sp³-hybridized carbons (Fsp3) is 0.158. The highest BCUT2D eigenvalue weighted by molar-refractivity contribution is 7.19. The van der Waals surface area contributed by atoms with Gasteiger partial charge in [-0.05, 0) is 44.0 Å². The highest BCUT2D eigenvalue weighted by atomic mass is 32.1.